The Balaban J connectivity index is 2.09. The van der Waals surface area contributed by atoms with Crippen LogP contribution in [0.2, 0.25) is 0 Å². The Morgan fingerprint density at radius 1 is 1.18 bits per heavy atom. The van der Waals surface area contributed by atoms with E-state index in [-0.39, 0.29) is 24.3 Å². The number of esters is 1. The lowest BCUT2D eigenvalue weighted by Crippen LogP contribution is -2.35. The summed E-state index contributed by atoms with van der Waals surface area (Å²) in [5.74, 6) is -0.808. The van der Waals surface area contributed by atoms with Gasteiger partial charge >= 0.3 is 5.97 Å². The molecule has 2 aromatic rings. The molecule has 0 aliphatic rings. The maximum Gasteiger partial charge on any atom is 0.342 e. The average Bonchev–Trinajstić information content (AvgIpc) is 2.69. The Labute approximate surface area is 163 Å². The lowest BCUT2D eigenvalue weighted by Gasteiger charge is -2.22. The third-order valence-electron chi connectivity index (χ3n) is 3.91. The zero-order valence-corrected chi connectivity index (χ0v) is 15.8. The summed E-state index contributed by atoms with van der Waals surface area (Å²) in [6.07, 6.45) is 0.131. The normalized spacial score (nSPS) is 10.0. The van der Waals surface area contributed by atoms with E-state index in [1.165, 1.54) is 17.0 Å². The minimum Gasteiger partial charge on any atom is -0.507 e. The van der Waals surface area contributed by atoms with Gasteiger partial charge in [0.1, 0.15) is 17.1 Å². The van der Waals surface area contributed by atoms with Gasteiger partial charge in [0.25, 0.3) is 5.91 Å². The lowest BCUT2D eigenvalue weighted by molar-refractivity contribution is -0.121. The van der Waals surface area contributed by atoms with E-state index in [4.69, 9.17) is 14.7 Å². The number of hydrogen-bond donors (Lipinski definition) is 1. The van der Waals surface area contributed by atoms with Gasteiger partial charge in [0.05, 0.1) is 19.1 Å². The molecule has 28 heavy (non-hydrogen) atoms. The van der Waals surface area contributed by atoms with Crippen molar-refractivity contribution in [3.05, 3.63) is 53.6 Å². The van der Waals surface area contributed by atoms with E-state index in [2.05, 4.69) is 0 Å². The molecule has 0 aliphatic carbocycles. The number of anilines is 1. The zero-order valence-electron chi connectivity index (χ0n) is 15.8. The number of carbonyl (C=O) groups excluding carboxylic acids is 2. The van der Waals surface area contributed by atoms with Crippen molar-refractivity contribution in [3.63, 3.8) is 0 Å². The molecule has 146 valence electrons. The predicted octanol–water partition coefficient (Wildman–Crippen LogP) is 3.20. The summed E-state index contributed by atoms with van der Waals surface area (Å²) in [7, 11) is 0. The van der Waals surface area contributed by atoms with Gasteiger partial charge in [-0.05, 0) is 50.2 Å². The molecule has 0 aliphatic heterocycles. The van der Waals surface area contributed by atoms with Crippen molar-refractivity contribution in [2.24, 2.45) is 0 Å². The van der Waals surface area contributed by atoms with Crippen LogP contribution in [0.3, 0.4) is 0 Å². The van der Waals surface area contributed by atoms with Gasteiger partial charge in [0.15, 0.2) is 6.61 Å². The van der Waals surface area contributed by atoms with Crippen LogP contribution in [-0.2, 0) is 9.53 Å². The zero-order chi connectivity index (χ0) is 20.5. The molecule has 7 nitrogen and oxygen atoms in total. The smallest absolute Gasteiger partial charge is 0.342 e. The SMILES string of the molecule is CCOc1ccc(N(CCC#N)C(=O)COC(=O)c2cc(C)ccc2O)cc1. The Morgan fingerprint density at radius 2 is 1.89 bits per heavy atom. The highest BCUT2D eigenvalue weighted by Gasteiger charge is 2.19. The van der Waals surface area contributed by atoms with Crippen molar-refractivity contribution in [2.45, 2.75) is 20.3 Å². The fourth-order valence-electron chi connectivity index (χ4n) is 2.54. The molecule has 0 heterocycles. The molecule has 0 atom stereocenters. The third kappa shape index (κ3) is 5.48. The van der Waals surface area contributed by atoms with Crippen molar-refractivity contribution >= 4 is 17.6 Å². The summed E-state index contributed by atoms with van der Waals surface area (Å²) < 4.78 is 10.5. The van der Waals surface area contributed by atoms with Gasteiger partial charge < -0.3 is 19.5 Å². The quantitative estimate of drug-likeness (QED) is 0.704. The molecule has 2 rings (SSSR count). The molecule has 0 fully saturated rings. The van der Waals surface area contributed by atoms with Crippen LogP contribution in [0, 0.1) is 18.3 Å². The molecule has 1 N–H and O–H groups in total. The number of benzene rings is 2. The number of aromatic hydroxyl groups is 1. The van der Waals surface area contributed by atoms with Crippen LogP contribution in [0.4, 0.5) is 5.69 Å². The number of nitrogens with zero attached hydrogens (tertiary/aromatic N) is 2. The van der Waals surface area contributed by atoms with E-state index in [9.17, 15) is 14.7 Å². The Morgan fingerprint density at radius 3 is 2.54 bits per heavy atom. The fourth-order valence-corrected chi connectivity index (χ4v) is 2.54. The number of aryl methyl sites for hydroxylation is 1. The Bertz CT molecular complexity index is 871. The number of rotatable bonds is 8. The molecular weight excluding hydrogens is 360 g/mol. The first-order valence-corrected chi connectivity index (χ1v) is 8.83. The molecule has 0 aromatic heterocycles. The van der Waals surface area contributed by atoms with Crippen LogP contribution in [0.15, 0.2) is 42.5 Å². The Kier molecular flexibility index (Phi) is 7.40. The van der Waals surface area contributed by atoms with Gasteiger partial charge in [-0.15, -0.1) is 0 Å². The van der Waals surface area contributed by atoms with Crippen LogP contribution in [0.25, 0.3) is 0 Å². The van der Waals surface area contributed by atoms with Gasteiger partial charge in [-0.25, -0.2) is 4.79 Å². The lowest BCUT2D eigenvalue weighted by atomic mass is 10.1. The molecule has 7 heteroatoms. The standard InChI is InChI=1S/C21H22N2O5/c1-3-27-17-8-6-16(7-9-17)23(12-4-11-22)20(25)14-28-21(26)18-13-15(2)5-10-19(18)24/h5-10,13,24H,3-4,12,14H2,1-2H3. The van der Waals surface area contributed by atoms with Gasteiger partial charge in [-0.3, -0.25) is 4.79 Å². The van der Waals surface area contributed by atoms with Crippen molar-refractivity contribution in [1.29, 1.82) is 5.26 Å². The highest BCUT2D eigenvalue weighted by atomic mass is 16.5. The first-order valence-electron chi connectivity index (χ1n) is 8.83. The number of amides is 1. The van der Waals surface area contributed by atoms with Crippen LogP contribution < -0.4 is 9.64 Å². The monoisotopic (exact) mass is 382 g/mol. The van der Waals surface area contributed by atoms with E-state index in [1.54, 1.807) is 37.3 Å². The molecule has 0 saturated heterocycles. The predicted molar refractivity (Wildman–Crippen MR) is 103 cm³/mol. The minimum absolute atomic E-state index is 0.00237. The third-order valence-corrected chi connectivity index (χ3v) is 3.91. The summed E-state index contributed by atoms with van der Waals surface area (Å²) in [6, 6.07) is 13.4. The van der Waals surface area contributed by atoms with E-state index < -0.39 is 18.5 Å². The van der Waals surface area contributed by atoms with E-state index in [0.717, 1.165) is 5.56 Å². The second kappa shape index (κ2) is 9.97. The number of hydrogen-bond acceptors (Lipinski definition) is 6. The number of phenols is 1. The first kappa shape index (κ1) is 20.8. The summed E-state index contributed by atoms with van der Waals surface area (Å²) in [5, 5.41) is 18.7. The topological polar surface area (TPSA) is 99.9 Å². The highest BCUT2D eigenvalue weighted by Crippen LogP contribution is 2.21. The number of nitriles is 1. The molecule has 0 unspecified atom stereocenters. The maximum absolute atomic E-state index is 12.6. The van der Waals surface area contributed by atoms with Crippen LogP contribution in [0.1, 0.15) is 29.3 Å². The molecule has 0 radical (unpaired) electrons. The second-order valence-electron chi connectivity index (χ2n) is 5.98. The molecule has 0 saturated carbocycles. The van der Waals surface area contributed by atoms with Crippen molar-refractivity contribution in [2.75, 3.05) is 24.7 Å². The molecule has 0 spiro atoms. The van der Waals surface area contributed by atoms with E-state index in [0.29, 0.717) is 18.0 Å². The summed E-state index contributed by atoms with van der Waals surface area (Å²) >= 11 is 0. The maximum atomic E-state index is 12.6. The van der Waals surface area contributed by atoms with Crippen LogP contribution in [-0.4, -0.2) is 36.7 Å². The summed E-state index contributed by atoms with van der Waals surface area (Å²) in [5.41, 5.74) is 1.34. The van der Waals surface area contributed by atoms with Crippen molar-refractivity contribution in [3.8, 4) is 17.6 Å². The van der Waals surface area contributed by atoms with Gasteiger partial charge in [0, 0.05) is 12.2 Å². The van der Waals surface area contributed by atoms with E-state index >= 15 is 0 Å². The largest absolute Gasteiger partial charge is 0.507 e. The Hall–Kier alpha value is -3.53. The number of carbonyl (C=O) groups is 2. The van der Waals surface area contributed by atoms with Gasteiger partial charge in [0.2, 0.25) is 0 Å². The van der Waals surface area contributed by atoms with Crippen LogP contribution >= 0.6 is 0 Å². The molecule has 2 aromatic carbocycles. The van der Waals surface area contributed by atoms with E-state index in [1.807, 2.05) is 13.0 Å². The number of ether oxygens (including phenoxy) is 2. The molecular formula is C21H22N2O5. The van der Waals surface area contributed by atoms with Crippen LogP contribution in [0.5, 0.6) is 11.5 Å². The van der Waals surface area contributed by atoms with Gasteiger partial charge in [-0.1, -0.05) is 11.6 Å². The highest BCUT2D eigenvalue weighted by molar-refractivity contribution is 5.98. The fraction of sp³-hybridized carbons (Fsp3) is 0.286. The van der Waals surface area contributed by atoms with Gasteiger partial charge in [-0.2, -0.15) is 5.26 Å². The molecule has 0 bridgehead atoms. The summed E-state index contributed by atoms with van der Waals surface area (Å²) in [6.45, 7) is 3.83. The average molecular weight is 382 g/mol. The second-order valence-corrected chi connectivity index (χ2v) is 5.98. The van der Waals surface area contributed by atoms with Crippen molar-refractivity contribution in [1.82, 2.24) is 0 Å². The van der Waals surface area contributed by atoms with Crippen molar-refractivity contribution < 1.29 is 24.2 Å². The summed E-state index contributed by atoms with van der Waals surface area (Å²) in [4.78, 5) is 26.2. The first-order chi connectivity index (χ1) is 13.5. The molecule has 1 amide bonds. The minimum atomic E-state index is -0.790. The number of phenolic OH excluding ortho intramolecular Hbond substituents is 1.